The molecule has 0 unspecified atom stereocenters. The van der Waals surface area contributed by atoms with Crippen molar-refractivity contribution in [3.05, 3.63) is 96.5 Å². The molecule has 3 aromatic rings. The maximum absolute atomic E-state index is 12.8. The van der Waals surface area contributed by atoms with Crippen LogP contribution in [0.15, 0.2) is 70.7 Å². The highest BCUT2D eigenvalue weighted by atomic mass is 127. The molecule has 0 atom stereocenters. The first kappa shape index (κ1) is 25.0. The van der Waals surface area contributed by atoms with E-state index in [-0.39, 0.29) is 5.57 Å². The quantitative estimate of drug-likeness (QED) is 0.166. The molecule has 0 aliphatic heterocycles. The van der Waals surface area contributed by atoms with Crippen molar-refractivity contribution in [3.63, 3.8) is 0 Å². The molecular weight excluding hydrogens is 591 g/mol. The van der Waals surface area contributed by atoms with Gasteiger partial charge in [-0.05, 0) is 83.0 Å². The van der Waals surface area contributed by atoms with Crippen molar-refractivity contribution < 1.29 is 9.53 Å². The molecule has 3 aromatic carbocycles. The van der Waals surface area contributed by atoms with Gasteiger partial charge in [0.25, 0.3) is 5.91 Å². The molecule has 0 aliphatic carbocycles. The van der Waals surface area contributed by atoms with Gasteiger partial charge in [0.1, 0.15) is 17.4 Å². The van der Waals surface area contributed by atoms with E-state index in [9.17, 15) is 10.1 Å². The Hall–Kier alpha value is -2.63. The van der Waals surface area contributed by atoms with Crippen molar-refractivity contribution >= 4 is 56.2 Å². The van der Waals surface area contributed by atoms with Gasteiger partial charge in [-0.2, -0.15) is 5.26 Å². The SMILES string of the molecule is CCOc1cc(/C=C(\C#N)C(=O)Nc2ccccc2CC)cc(I)c1Cc1ccccc1Br. The first-order valence-corrected chi connectivity index (χ1v) is 12.5. The molecule has 0 aliphatic rings. The van der Waals surface area contributed by atoms with Gasteiger partial charge in [-0.1, -0.05) is 59.3 Å². The van der Waals surface area contributed by atoms with Gasteiger partial charge in [0.2, 0.25) is 0 Å². The molecule has 1 N–H and O–H groups in total. The second kappa shape index (κ2) is 12.0. The Balaban J connectivity index is 1.93. The van der Waals surface area contributed by atoms with Crippen LogP contribution in [0.5, 0.6) is 5.75 Å². The van der Waals surface area contributed by atoms with Gasteiger partial charge in [0.15, 0.2) is 0 Å². The summed E-state index contributed by atoms with van der Waals surface area (Å²) in [6.07, 6.45) is 3.10. The zero-order chi connectivity index (χ0) is 23.8. The summed E-state index contributed by atoms with van der Waals surface area (Å²) < 4.78 is 7.99. The van der Waals surface area contributed by atoms with Crippen LogP contribution in [0.2, 0.25) is 0 Å². The number of nitrogens with zero attached hydrogens (tertiary/aromatic N) is 1. The van der Waals surface area contributed by atoms with Gasteiger partial charge < -0.3 is 10.1 Å². The summed E-state index contributed by atoms with van der Waals surface area (Å²) in [6, 6.07) is 21.6. The zero-order valence-electron chi connectivity index (χ0n) is 18.5. The largest absolute Gasteiger partial charge is 0.494 e. The number of hydrogen-bond donors (Lipinski definition) is 1. The molecule has 0 spiro atoms. The smallest absolute Gasteiger partial charge is 0.266 e. The standard InChI is InChI=1S/C27H24BrIN2O2/c1-3-19-9-6-8-12-25(19)31-27(32)21(17-30)13-18-14-24(29)22(26(15-18)33-4-2)16-20-10-5-7-11-23(20)28/h5-15H,3-4,16H2,1-2H3,(H,31,32)/b21-13+. The van der Waals surface area contributed by atoms with Gasteiger partial charge in [-0.15, -0.1) is 0 Å². The number of carbonyl (C=O) groups is 1. The second-order valence-corrected chi connectivity index (χ2v) is 9.33. The van der Waals surface area contributed by atoms with Crippen molar-refractivity contribution in [2.24, 2.45) is 0 Å². The van der Waals surface area contributed by atoms with E-state index < -0.39 is 5.91 Å². The lowest BCUT2D eigenvalue weighted by Gasteiger charge is -2.15. The lowest BCUT2D eigenvalue weighted by molar-refractivity contribution is -0.112. The molecule has 0 fully saturated rings. The van der Waals surface area contributed by atoms with Gasteiger partial charge in [-0.25, -0.2) is 0 Å². The molecule has 33 heavy (non-hydrogen) atoms. The number of carbonyl (C=O) groups excluding carboxylic acids is 1. The molecule has 0 saturated heterocycles. The second-order valence-electron chi connectivity index (χ2n) is 7.32. The van der Waals surface area contributed by atoms with Gasteiger partial charge in [-0.3, -0.25) is 4.79 Å². The van der Waals surface area contributed by atoms with E-state index in [1.165, 1.54) is 0 Å². The number of anilines is 1. The molecule has 6 heteroatoms. The van der Waals surface area contributed by atoms with Crippen LogP contribution in [0.1, 0.15) is 36.1 Å². The number of rotatable bonds is 8. The Bertz CT molecular complexity index is 1230. The van der Waals surface area contributed by atoms with Crippen molar-refractivity contribution in [1.29, 1.82) is 5.26 Å². The number of aryl methyl sites for hydroxylation is 1. The Morgan fingerprint density at radius 3 is 2.48 bits per heavy atom. The molecule has 0 radical (unpaired) electrons. The average Bonchev–Trinajstić information content (AvgIpc) is 2.81. The number of ether oxygens (including phenoxy) is 1. The summed E-state index contributed by atoms with van der Waals surface area (Å²) in [7, 11) is 0. The predicted molar refractivity (Wildman–Crippen MR) is 145 cm³/mol. The minimum absolute atomic E-state index is 0.0395. The Labute approximate surface area is 216 Å². The van der Waals surface area contributed by atoms with Crippen LogP contribution in [0.25, 0.3) is 6.08 Å². The van der Waals surface area contributed by atoms with Crippen LogP contribution in [0.4, 0.5) is 5.69 Å². The fourth-order valence-corrected chi connectivity index (χ4v) is 4.70. The highest BCUT2D eigenvalue weighted by Crippen LogP contribution is 2.32. The summed E-state index contributed by atoms with van der Waals surface area (Å²) in [6.45, 7) is 4.49. The van der Waals surface area contributed by atoms with Crippen LogP contribution >= 0.6 is 38.5 Å². The molecule has 0 bridgehead atoms. The lowest BCUT2D eigenvalue weighted by Crippen LogP contribution is -2.14. The lowest BCUT2D eigenvalue weighted by atomic mass is 10.0. The fourth-order valence-electron chi connectivity index (χ4n) is 3.46. The predicted octanol–water partition coefficient (Wildman–Crippen LogP) is 7.15. The number of amides is 1. The van der Waals surface area contributed by atoms with Crippen LogP contribution in [0, 0.1) is 14.9 Å². The Morgan fingerprint density at radius 2 is 1.82 bits per heavy atom. The van der Waals surface area contributed by atoms with E-state index in [0.29, 0.717) is 13.0 Å². The van der Waals surface area contributed by atoms with E-state index in [1.807, 2.05) is 74.5 Å². The van der Waals surface area contributed by atoms with E-state index >= 15 is 0 Å². The van der Waals surface area contributed by atoms with Crippen molar-refractivity contribution in [3.8, 4) is 11.8 Å². The van der Waals surface area contributed by atoms with E-state index in [0.717, 1.165) is 48.2 Å². The number of benzene rings is 3. The maximum atomic E-state index is 12.8. The summed E-state index contributed by atoms with van der Waals surface area (Å²) in [4.78, 5) is 12.8. The first-order valence-electron chi connectivity index (χ1n) is 10.7. The average molecular weight is 615 g/mol. The minimum atomic E-state index is -0.427. The van der Waals surface area contributed by atoms with Gasteiger partial charge >= 0.3 is 0 Å². The normalized spacial score (nSPS) is 11.1. The molecule has 4 nitrogen and oxygen atoms in total. The van der Waals surface area contributed by atoms with E-state index in [1.54, 1.807) is 6.08 Å². The Kier molecular flexibility index (Phi) is 9.10. The third-order valence-corrected chi connectivity index (χ3v) is 6.86. The summed E-state index contributed by atoms with van der Waals surface area (Å²) in [5, 5.41) is 12.5. The molecule has 1 amide bonds. The maximum Gasteiger partial charge on any atom is 0.266 e. The number of nitrogens with one attached hydrogen (secondary N) is 1. The number of hydrogen-bond acceptors (Lipinski definition) is 3. The number of para-hydroxylation sites is 1. The highest BCUT2D eigenvalue weighted by Gasteiger charge is 2.15. The van der Waals surface area contributed by atoms with E-state index in [2.05, 4.69) is 49.9 Å². The van der Waals surface area contributed by atoms with Crippen molar-refractivity contribution in [2.45, 2.75) is 26.7 Å². The molecule has 3 rings (SSSR count). The molecular formula is C27H24BrIN2O2. The third-order valence-electron chi connectivity index (χ3n) is 5.12. The van der Waals surface area contributed by atoms with Crippen LogP contribution in [0.3, 0.4) is 0 Å². The number of nitriles is 1. The highest BCUT2D eigenvalue weighted by molar-refractivity contribution is 14.1. The van der Waals surface area contributed by atoms with Crippen molar-refractivity contribution in [2.75, 3.05) is 11.9 Å². The van der Waals surface area contributed by atoms with Crippen molar-refractivity contribution in [1.82, 2.24) is 0 Å². The number of halogens is 2. The third kappa shape index (κ3) is 6.46. The van der Waals surface area contributed by atoms with Gasteiger partial charge in [0.05, 0.1) is 6.61 Å². The minimum Gasteiger partial charge on any atom is -0.494 e. The first-order chi connectivity index (χ1) is 16.0. The topological polar surface area (TPSA) is 62.1 Å². The molecule has 0 saturated carbocycles. The monoisotopic (exact) mass is 614 g/mol. The van der Waals surface area contributed by atoms with Crippen LogP contribution < -0.4 is 10.1 Å². The van der Waals surface area contributed by atoms with Gasteiger partial charge in [0, 0.05) is 25.7 Å². The molecule has 0 aromatic heterocycles. The zero-order valence-corrected chi connectivity index (χ0v) is 22.2. The van der Waals surface area contributed by atoms with E-state index in [4.69, 9.17) is 4.74 Å². The summed E-state index contributed by atoms with van der Waals surface area (Å²) in [5.74, 6) is 0.323. The fraction of sp³-hybridized carbons (Fsp3) is 0.185. The van der Waals surface area contributed by atoms with Crippen LogP contribution in [-0.2, 0) is 17.6 Å². The molecule has 168 valence electrons. The summed E-state index contributed by atoms with van der Waals surface area (Å²) >= 11 is 5.90. The molecule has 0 heterocycles. The summed E-state index contributed by atoms with van der Waals surface area (Å²) in [5.41, 5.74) is 4.76. The Morgan fingerprint density at radius 1 is 1.12 bits per heavy atom. The van der Waals surface area contributed by atoms with Crippen LogP contribution in [-0.4, -0.2) is 12.5 Å².